The van der Waals surface area contributed by atoms with Gasteiger partial charge in [-0.25, -0.2) is 14.2 Å². The zero-order chi connectivity index (χ0) is 22.4. The van der Waals surface area contributed by atoms with Crippen LogP contribution in [0.4, 0.5) is 10.1 Å². The lowest BCUT2D eigenvalue weighted by atomic mass is 10.1. The summed E-state index contributed by atoms with van der Waals surface area (Å²) in [5.41, 5.74) is 3.26. The van der Waals surface area contributed by atoms with Gasteiger partial charge in [-0.2, -0.15) is 0 Å². The second-order valence-electron chi connectivity index (χ2n) is 7.53. The highest BCUT2D eigenvalue weighted by atomic mass is 35.5. The number of aryl methyl sites for hydroxylation is 1. The summed E-state index contributed by atoms with van der Waals surface area (Å²) in [6.45, 7) is 4.40. The largest absolute Gasteiger partial charge is 0.465 e. The summed E-state index contributed by atoms with van der Waals surface area (Å²) in [6, 6.07) is 8.28. The SMILES string of the molecule is COC(=O)c1cc(N2CCOCC2)cc2c1nc(C)n2-c1ccnc2c(Cl)ccc(F)c12. The third-order valence-electron chi connectivity index (χ3n) is 5.71. The van der Waals surface area contributed by atoms with Crippen LogP contribution < -0.4 is 4.90 Å². The second-order valence-corrected chi connectivity index (χ2v) is 7.94. The standard InChI is InChI=1S/C23H20ClFN4O3/c1-13-27-21-15(23(30)31-2)11-14(28-7-9-32-10-8-28)12-19(21)29(13)18-5-6-26-22-16(24)3-4-17(25)20(18)22/h3-6,11-12H,7-10H2,1-2H3. The topological polar surface area (TPSA) is 69.5 Å². The van der Waals surface area contributed by atoms with Gasteiger partial charge in [0.2, 0.25) is 0 Å². The molecule has 0 amide bonds. The van der Waals surface area contributed by atoms with Gasteiger partial charge in [0.1, 0.15) is 17.2 Å². The lowest BCUT2D eigenvalue weighted by Crippen LogP contribution is -2.36. The Kier molecular flexibility index (Phi) is 5.19. The number of fused-ring (bicyclic) bond motifs is 2. The number of benzene rings is 2. The van der Waals surface area contributed by atoms with Crippen molar-refractivity contribution in [2.75, 3.05) is 38.3 Å². The van der Waals surface area contributed by atoms with E-state index in [4.69, 9.17) is 21.1 Å². The lowest BCUT2D eigenvalue weighted by Gasteiger charge is -2.29. The number of methoxy groups -OCH3 is 1. The number of imidazole rings is 1. The molecule has 32 heavy (non-hydrogen) atoms. The van der Waals surface area contributed by atoms with Crippen LogP contribution in [0, 0.1) is 12.7 Å². The number of pyridine rings is 1. The van der Waals surface area contributed by atoms with E-state index in [0.29, 0.717) is 70.3 Å². The average Bonchev–Trinajstić information content (AvgIpc) is 3.16. The van der Waals surface area contributed by atoms with Gasteiger partial charge in [-0.15, -0.1) is 0 Å². The number of aromatic nitrogens is 3. The molecule has 3 heterocycles. The van der Waals surface area contributed by atoms with E-state index in [9.17, 15) is 9.18 Å². The fourth-order valence-electron chi connectivity index (χ4n) is 4.22. The van der Waals surface area contributed by atoms with Crippen LogP contribution in [0.25, 0.3) is 27.6 Å². The van der Waals surface area contributed by atoms with Crippen LogP contribution in [0.1, 0.15) is 16.2 Å². The van der Waals surface area contributed by atoms with E-state index in [2.05, 4.69) is 14.9 Å². The molecular formula is C23H20ClFN4O3. The van der Waals surface area contributed by atoms with Crippen molar-refractivity contribution in [2.45, 2.75) is 6.92 Å². The quantitative estimate of drug-likeness (QED) is 0.430. The third kappa shape index (κ3) is 3.27. The number of hydrogen-bond acceptors (Lipinski definition) is 6. The molecule has 0 saturated carbocycles. The first kappa shape index (κ1) is 20.7. The normalized spacial score (nSPS) is 14.3. The van der Waals surface area contributed by atoms with Gasteiger partial charge < -0.3 is 14.4 Å². The number of anilines is 1. The number of nitrogens with zero attached hydrogens (tertiary/aromatic N) is 4. The molecule has 0 unspecified atom stereocenters. The third-order valence-corrected chi connectivity index (χ3v) is 6.01. The van der Waals surface area contributed by atoms with Gasteiger partial charge in [-0.3, -0.25) is 9.55 Å². The summed E-state index contributed by atoms with van der Waals surface area (Å²) in [6.07, 6.45) is 1.58. The molecule has 1 saturated heterocycles. The monoisotopic (exact) mass is 454 g/mol. The minimum absolute atomic E-state index is 0.291. The smallest absolute Gasteiger partial charge is 0.340 e. The Hall–Kier alpha value is -3.23. The Morgan fingerprint density at radius 1 is 1.19 bits per heavy atom. The molecule has 164 valence electrons. The second kappa shape index (κ2) is 8.03. The first-order valence-corrected chi connectivity index (χ1v) is 10.5. The van der Waals surface area contributed by atoms with Gasteiger partial charge in [-0.1, -0.05) is 11.6 Å². The zero-order valence-electron chi connectivity index (χ0n) is 17.6. The molecule has 0 bridgehead atoms. The maximum Gasteiger partial charge on any atom is 0.340 e. The minimum atomic E-state index is -0.483. The molecule has 0 atom stereocenters. The minimum Gasteiger partial charge on any atom is -0.465 e. The first-order chi connectivity index (χ1) is 15.5. The summed E-state index contributed by atoms with van der Waals surface area (Å²) in [5.74, 6) is -0.328. The van der Waals surface area contributed by atoms with E-state index in [1.807, 2.05) is 17.6 Å². The van der Waals surface area contributed by atoms with Crippen molar-refractivity contribution >= 4 is 45.2 Å². The van der Waals surface area contributed by atoms with E-state index in [0.717, 1.165) is 5.69 Å². The fourth-order valence-corrected chi connectivity index (χ4v) is 4.42. The van der Waals surface area contributed by atoms with Gasteiger partial charge in [0.25, 0.3) is 0 Å². The van der Waals surface area contributed by atoms with Crippen molar-refractivity contribution in [3.05, 3.63) is 58.8 Å². The van der Waals surface area contributed by atoms with E-state index in [-0.39, 0.29) is 0 Å². The van der Waals surface area contributed by atoms with Crippen molar-refractivity contribution in [2.24, 2.45) is 0 Å². The average molecular weight is 455 g/mol. The van der Waals surface area contributed by atoms with E-state index < -0.39 is 11.8 Å². The molecule has 9 heteroatoms. The number of carbonyl (C=O) groups is 1. The van der Waals surface area contributed by atoms with Crippen LogP contribution in [-0.2, 0) is 9.47 Å². The van der Waals surface area contributed by atoms with Crippen LogP contribution in [0.3, 0.4) is 0 Å². The molecule has 0 radical (unpaired) electrons. The summed E-state index contributed by atoms with van der Waals surface area (Å²) in [4.78, 5) is 23.7. The highest BCUT2D eigenvalue weighted by Gasteiger charge is 2.23. The van der Waals surface area contributed by atoms with E-state index in [1.54, 1.807) is 18.3 Å². The number of carbonyl (C=O) groups excluding carboxylic acids is 1. The maximum atomic E-state index is 15.0. The van der Waals surface area contributed by atoms with Crippen molar-refractivity contribution in [3.63, 3.8) is 0 Å². The summed E-state index contributed by atoms with van der Waals surface area (Å²) in [7, 11) is 1.34. The lowest BCUT2D eigenvalue weighted by molar-refractivity contribution is 0.0603. The van der Waals surface area contributed by atoms with E-state index in [1.165, 1.54) is 19.2 Å². The zero-order valence-corrected chi connectivity index (χ0v) is 18.3. The number of morpholine rings is 1. The first-order valence-electron chi connectivity index (χ1n) is 10.2. The molecule has 2 aromatic carbocycles. The molecule has 0 spiro atoms. The van der Waals surface area contributed by atoms with Crippen molar-refractivity contribution in [1.82, 2.24) is 14.5 Å². The van der Waals surface area contributed by atoms with Gasteiger partial charge in [-0.05, 0) is 37.3 Å². The van der Waals surface area contributed by atoms with Crippen LogP contribution >= 0.6 is 11.6 Å². The molecule has 1 fully saturated rings. The summed E-state index contributed by atoms with van der Waals surface area (Å²) < 4.78 is 27.3. The predicted molar refractivity (Wildman–Crippen MR) is 120 cm³/mol. The Labute approximate surface area is 188 Å². The molecule has 1 aliphatic heterocycles. The molecule has 4 aromatic rings. The number of ether oxygens (including phenoxy) is 2. The maximum absolute atomic E-state index is 15.0. The molecular weight excluding hydrogens is 435 g/mol. The Morgan fingerprint density at radius 2 is 1.97 bits per heavy atom. The Morgan fingerprint density at radius 3 is 2.72 bits per heavy atom. The molecule has 1 aliphatic rings. The highest BCUT2D eigenvalue weighted by Crippen LogP contribution is 2.34. The molecule has 0 aliphatic carbocycles. The molecule has 0 N–H and O–H groups in total. The summed E-state index contributed by atoms with van der Waals surface area (Å²) in [5, 5.41) is 0.647. The number of halogens is 2. The Bertz CT molecular complexity index is 1360. The molecule has 7 nitrogen and oxygen atoms in total. The molecule has 2 aromatic heterocycles. The van der Waals surface area contributed by atoms with Crippen LogP contribution in [0.5, 0.6) is 0 Å². The fraction of sp³-hybridized carbons (Fsp3) is 0.261. The molecule has 5 rings (SSSR count). The number of rotatable bonds is 3. The number of esters is 1. The van der Waals surface area contributed by atoms with Gasteiger partial charge in [0, 0.05) is 25.0 Å². The van der Waals surface area contributed by atoms with Crippen LogP contribution in [0.2, 0.25) is 5.02 Å². The van der Waals surface area contributed by atoms with Crippen LogP contribution in [-0.4, -0.2) is 53.9 Å². The Balaban J connectivity index is 1.83. The number of hydrogen-bond donors (Lipinski definition) is 0. The van der Waals surface area contributed by atoms with Gasteiger partial charge in [0.05, 0.1) is 53.0 Å². The van der Waals surface area contributed by atoms with Crippen molar-refractivity contribution < 1.29 is 18.7 Å². The summed E-state index contributed by atoms with van der Waals surface area (Å²) >= 11 is 6.30. The van der Waals surface area contributed by atoms with Crippen molar-refractivity contribution in [1.29, 1.82) is 0 Å². The van der Waals surface area contributed by atoms with E-state index >= 15 is 0 Å². The van der Waals surface area contributed by atoms with Gasteiger partial charge >= 0.3 is 5.97 Å². The highest BCUT2D eigenvalue weighted by molar-refractivity contribution is 6.35. The van der Waals surface area contributed by atoms with Crippen molar-refractivity contribution in [3.8, 4) is 5.69 Å². The van der Waals surface area contributed by atoms with Crippen LogP contribution in [0.15, 0.2) is 36.5 Å². The predicted octanol–water partition coefficient (Wildman–Crippen LogP) is 4.30. The van der Waals surface area contributed by atoms with Gasteiger partial charge in [0.15, 0.2) is 0 Å².